The fourth-order valence-electron chi connectivity index (χ4n) is 1.68. The summed E-state index contributed by atoms with van der Waals surface area (Å²) in [5, 5.41) is 4.72. The zero-order valence-electron chi connectivity index (χ0n) is 10.8. The van der Waals surface area contributed by atoms with E-state index in [-0.39, 0.29) is 0 Å². The van der Waals surface area contributed by atoms with Gasteiger partial charge in [0, 0.05) is 30.8 Å². The Balaban J connectivity index is 1.95. The average molecular weight is 295 g/mol. The Morgan fingerprint density at radius 3 is 2.95 bits per heavy atom. The maximum atomic E-state index is 5.88. The van der Waals surface area contributed by atoms with Crippen molar-refractivity contribution < 1.29 is 0 Å². The van der Waals surface area contributed by atoms with E-state index < -0.39 is 0 Å². The fraction of sp³-hybridized carbons (Fsp3) is 0.417. The van der Waals surface area contributed by atoms with Crippen LogP contribution in [-0.4, -0.2) is 45.4 Å². The predicted octanol–water partition coefficient (Wildman–Crippen LogP) is 0.934. The normalized spacial score (nSPS) is 16.3. The van der Waals surface area contributed by atoms with E-state index in [0.29, 0.717) is 16.6 Å². The number of aromatic nitrogens is 1. The Bertz CT molecular complexity index is 483. The molecule has 0 spiro atoms. The monoisotopic (exact) mass is 295 g/mol. The largest absolute Gasteiger partial charge is 0.380 e. The molecule has 1 aromatic rings. The molecule has 0 aromatic carbocycles. The van der Waals surface area contributed by atoms with E-state index in [1.54, 1.807) is 6.20 Å². The summed E-state index contributed by atoms with van der Waals surface area (Å²) in [5.41, 5.74) is 10.5. The number of hydrogen-bond donors (Lipinski definition) is 2. The minimum absolute atomic E-state index is 0.345. The van der Waals surface area contributed by atoms with Gasteiger partial charge < -0.3 is 10.6 Å². The standard InChI is InChI=1S/C12H17N5S2/c1-9-2-3-14-10(8-9)11(13)15-16-12(18)17-4-6-19-7-5-17/h2-3,8H,4-7H2,1H3,(H2,13,15)(H,16,18). The van der Waals surface area contributed by atoms with Crippen LogP contribution in [0.2, 0.25) is 0 Å². The molecule has 0 bridgehead atoms. The van der Waals surface area contributed by atoms with Gasteiger partial charge in [-0.05, 0) is 36.8 Å². The van der Waals surface area contributed by atoms with Crippen molar-refractivity contribution in [1.29, 1.82) is 0 Å². The first kappa shape index (κ1) is 14.1. The Morgan fingerprint density at radius 2 is 2.26 bits per heavy atom. The lowest BCUT2D eigenvalue weighted by atomic mass is 10.2. The third kappa shape index (κ3) is 4.07. The topological polar surface area (TPSA) is 66.5 Å². The maximum absolute atomic E-state index is 5.88. The highest BCUT2D eigenvalue weighted by molar-refractivity contribution is 7.99. The number of rotatable bonds is 2. The zero-order valence-corrected chi connectivity index (χ0v) is 12.4. The summed E-state index contributed by atoms with van der Waals surface area (Å²) in [6.45, 7) is 3.89. The second-order valence-electron chi connectivity index (χ2n) is 4.23. The van der Waals surface area contributed by atoms with Crippen molar-refractivity contribution in [2.75, 3.05) is 24.6 Å². The van der Waals surface area contributed by atoms with Crippen molar-refractivity contribution in [1.82, 2.24) is 15.3 Å². The van der Waals surface area contributed by atoms with Gasteiger partial charge in [0.15, 0.2) is 10.9 Å². The van der Waals surface area contributed by atoms with Crippen LogP contribution in [0.15, 0.2) is 23.4 Å². The summed E-state index contributed by atoms with van der Waals surface area (Å²) < 4.78 is 0. The smallest absolute Gasteiger partial charge is 0.189 e. The van der Waals surface area contributed by atoms with Gasteiger partial charge >= 0.3 is 0 Å². The number of nitrogens with two attached hydrogens (primary N) is 1. The van der Waals surface area contributed by atoms with E-state index in [0.717, 1.165) is 30.2 Å². The molecule has 19 heavy (non-hydrogen) atoms. The first-order valence-corrected chi connectivity index (χ1v) is 7.62. The van der Waals surface area contributed by atoms with Crippen LogP contribution < -0.4 is 11.2 Å². The summed E-state index contributed by atoms with van der Waals surface area (Å²) in [7, 11) is 0. The van der Waals surface area contributed by atoms with Gasteiger partial charge in [0.1, 0.15) is 5.69 Å². The Kier molecular flexibility index (Phi) is 4.98. The maximum Gasteiger partial charge on any atom is 0.189 e. The molecule has 0 aliphatic carbocycles. The quantitative estimate of drug-likeness (QED) is 0.366. The molecular weight excluding hydrogens is 278 g/mol. The van der Waals surface area contributed by atoms with E-state index in [9.17, 15) is 0 Å². The Morgan fingerprint density at radius 1 is 1.53 bits per heavy atom. The molecular formula is C12H17N5S2. The van der Waals surface area contributed by atoms with Gasteiger partial charge in [0.25, 0.3) is 0 Å². The molecule has 1 saturated heterocycles. The molecule has 3 N–H and O–H groups in total. The van der Waals surface area contributed by atoms with Gasteiger partial charge in [0.05, 0.1) is 0 Å². The molecule has 102 valence electrons. The summed E-state index contributed by atoms with van der Waals surface area (Å²) in [4.78, 5) is 6.28. The minimum atomic E-state index is 0.345. The lowest BCUT2D eigenvalue weighted by Gasteiger charge is -2.27. The molecule has 2 rings (SSSR count). The number of hydrogen-bond acceptors (Lipinski definition) is 4. The van der Waals surface area contributed by atoms with E-state index in [1.165, 1.54) is 0 Å². The number of thiocarbonyl (C=S) groups is 1. The van der Waals surface area contributed by atoms with Gasteiger partial charge in [-0.1, -0.05) is 0 Å². The third-order valence-corrected chi connectivity index (χ3v) is 4.04. The lowest BCUT2D eigenvalue weighted by Crippen LogP contribution is -2.43. The van der Waals surface area contributed by atoms with Crippen LogP contribution in [0.25, 0.3) is 0 Å². The van der Waals surface area contributed by atoms with E-state index >= 15 is 0 Å². The minimum Gasteiger partial charge on any atom is -0.380 e. The predicted molar refractivity (Wildman–Crippen MR) is 84.3 cm³/mol. The molecule has 0 atom stereocenters. The van der Waals surface area contributed by atoms with Crippen LogP contribution in [0.4, 0.5) is 0 Å². The van der Waals surface area contributed by atoms with Crippen LogP contribution in [0.3, 0.4) is 0 Å². The molecule has 5 nitrogen and oxygen atoms in total. The number of nitrogens with zero attached hydrogens (tertiary/aromatic N) is 3. The summed E-state index contributed by atoms with van der Waals surface area (Å²) in [6, 6.07) is 3.81. The Labute approximate surface area is 122 Å². The average Bonchev–Trinajstić information content (AvgIpc) is 2.45. The van der Waals surface area contributed by atoms with Crippen molar-refractivity contribution in [2.24, 2.45) is 10.8 Å². The molecule has 0 amide bonds. The summed E-state index contributed by atoms with van der Waals surface area (Å²) in [6.07, 6.45) is 1.72. The van der Waals surface area contributed by atoms with Crippen molar-refractivity contribution in [2.45, 2.75) is 6.92 Å². The molecule has 1 aliphatic heterocycles. The number of aryl methyl sites for hydroxylation is 1. The van der Waals surface area contributed by atoms with Crippen molar-refractivity contribution in [3.63, 3.8) is 0 Å². The van der Waals surface area contributed by atoms with Crippen LogP contribution in [0, 0.1) is 6.92 Å². The van der Waals surface area contributed by atoms with Crippen molar-refractivity contribution >= 4 is 34.9 Å². The molecule has 0 saturated carbocycles. The number of amidine groups is 1. The first-order valence-electron chi connectivity index (χ1n) is 6.05. The molecule has 0 radical (unpaired) electrons. The van der Waals surface area contributed by atoms with E-state index in [1.807, 2.05) is 30.8 Å². The van der Waals surface area contributed by atoms with Crippen LogP contribution in [0.1, 0.15) is 11.3 Å². The van der Waals surface area contributed by atoms with Gasteiger partial charge in [-0.15, -0.1) is 0 Å². The number of thioether (sulfide) groups is 1. The third-order valence-electron chi connectivity index (χ3n) is 2.75. The first-order chi connectivity index (χ1) is 9.16. The van der Waals surface area contributed by atoms with Crippen LogP contribution >= 0.6 is 24.0 Å². The summed E-state index contributed by atoms with van der Waals surface area (Å²) in [5.74, 6) is 2.54. The molecule has 7 heteroatoms. The number of pyridine rings is 1. The van der Waals surface area contributed by atoms with Crippen LogP contribution in [-0.2, 0) is 0 Å². The van der Waals surface area contributed by atoms with Crippen molar-refractivity contribution in [3.8, 4) is 0 Å². The van der Waals surface area contributed by atoms with Gasteiger partial charge in [-0.25, -0.2) is 0 Å². The second-order valence-corrected chi connectivity index (χ2v) is 5.84. The second kappa shape index (κ2) is 6.72. The molecule has 1 fully saturated rings. The highest BCUT2D eigenvalue weighted by Crippen LogP contribution is 2.09. The van der Waals surface area contributed by atoms with Gasteiger partial charge in [-0.3, -0.25) is 10.4 Å². The molecule has 1 aliphatic rings. The van der Waals surface area contributed by atoms with Gasteiger partial charge in [0.2, 0.25) is 0 Å². The molecule has 2 heterocycles. The lowest BCUT2D eigenvalue weighted by molar-refractivity contribution is 0.455. The Hall–Kier alpha value is -1.34. The van der Waals surface area contributed by atoms with Crippen LogP contribution in [0.5, 0.6) is 0 Å². The number of nitrogens with one attached hydrogen (secondary N) is 1. The van der Waals surface area contributed by atoms with E-state index in [4.69, 9.17) is 18.0 Å². The highest BCUT2D eigenvalue weighted by Gasteiger charge is 2.13. The molecule has 0 unspecified atom stereocenters. The van der Waals surface area contributed by atoms with E-state index in [2.05, 4.69) is 20.4 Å². The number of hydrazone groups is 1. The molecule has 1 aromatic heterocycles. The van der Waals surface area contributed by atoms with Gasteiger partial charge in [-0.2, -0.15) is 16.9 Å². The zero-order chi connectivity index (χ0) is 13.7. The highest BCUT2D eigenvalue weighted by atomic mass is 32.2. The van der Waals surface area contributed by atoms with Crippen molar-refractivity contribution in [3.05, 3.63) is 29.6 Å². The summed E-state index contributed by atoms with van der Waals surface area (Å²) >= 11 is 7.23. The fourth-order valence-corrected chi connectivity index (χ4v) is 2.81. The SMILES string of the molecule is Cc1ccnc(/C(N)=N/NC(=S)N2CCSCC2)c1.